The second-order valence-electron chi connectivity index (χ2n) is 14.7. The Kier molecular flexibility index (Phi) is 22.7. The van der Waals surface area contributed by atoms with Crippen molar-refractivity contribution in [1.29, 1.82) is 0 Å². The molecule has 0 saturated heterocycles. The zero-order chi connectivity index (χ0) is 36.6. The molecule has 50 heavy (non-hydrogen) atoms. The van der Waals surface area contributed by atoms with Crippen LogP contribution in [0.15, 0.2) is 0 Å². The van der Waals surface area contributed by atoms with Crippen molar-refractivity contribution in [2.45, 2.75) is 154 Å². The average Bonchev–Trinajstić information content (AvgIpc) is 3.11. The number of carbonyl (C=O) groups is 5. The van der Waals surface area contributed by atoms with Crippen LogP contribution in [0.25, 0.3) is 0 Å². The first kappa shape index (κ1) is 43.4. The second-order valence-corrected chi connectivity index (χ2v) is 14.7. The zero-order valence-electron chi connectivity index (χ0n) is 31.6. The lowest BCUT2D eigenvalue weighted by Crippen LogP contribution is -2.53. The van der Waals surface area contributed by atoms with E-state index in [4.69, 9.17) is 11.5 Å². The summed E-state index contributed by atoms with van der Waals surface area (Å²) in [5.74, 6) is -1.75. The van der Waals surface area contributed by atoms with Gasteiger partial charge >= 0.3 is 0 Å². The predicted octanol–water partition coefficient (Wildman–Crippen LogP) is 3.94. The molecule has 0 aromatic rings. The number of nitrogens with one attached hydrogen (secondary N) is 1. The first-order valence-corrected chi connectivity index (χ1v) is 20.0. The first-order chi connectivity index (χ1) is 24.2. The fourth-order valence-electron chi connectivity index (χ4n) is 7.37. The molecule has 0 atom stereocenters. The van der Waals surface area contributed by atoms with Gasteiger partial charge in [0.15, 0.2) is 0 Å². The monoisotopic (exact) mass is 706 g/mol. The van der Waals surface area contributed by atoms with Gasteiger partial charge in [-0.1, -0.05) is 110 Å². The Morgan fingerprint density at radius 2 is 1.10 bits per heavy atom. The lowest BCUT2D eigenvalue weighted by molar-refractivity contribution is -0.147. The Labute approximate surface area is 302 Å². The topological polar surface area (TPSA) is 162 Å². The van der Waals surface area contributed by atoms with Crippen LogP contribution in [0.1, 0.15) is 142 Å². The van der Waals surface area contributed by atoms with Crippen molar-refractivity contribution in [1.82, 2.24) is 24.9 Å². The molecule has 0 unspecified atom stereocenters. The molecular formula is C38H71N7O5. The summed E-state index contributed by atoms with van der Waals surface area (Å²) in [7, 11) is 1.55. The van der Waals surface area contributed by atoms with Crippen LogP contribution in [0.2, 0.25) is 0 Å². The Balaban J connectivity index is 1.85. The third-order valence-electron chi connectivity index (χ3n) is 10.4. The van der Waals surface area contributed by atoms with Crippen LogP contribution in [0.3, 0.4) is 0 Å². The Hall–Kier alpha value is -2.73. The van der Waals surface area contributed by atoms with Crippen LogP contribution in [0.5, 0.6) is 0 Å². The Bertz CT molecular complexity index is 1000. The van der Waals surface area contributed by atoms with E-state index in [0.29, 0.717) is 0 Å². The largest absolute Gasteiger partial charge is 0.368 e. The van der Waals surface area contributed by atoms with Crippen molar-refractivity contribution in [2.75, 3.05) is 59.4 Å². The van der Waals surface area contributed by atoms with Crippen molar-refractivity contribution in [2.24, 2.45) is 11.5 Å². The molecule has 2 aliphatic rings. The molecule has 0 radical (unpaired) electrons. The van der Waals surface area contributed by atoms with Crippen molar-refractivity contribution in [3.8, 4) is 0 Å². The third kappa shape index (κ3) is 17.5. The standard InChI is InChI=1S/C38H71N7O5/c1-3-4-5-6-7-8-9-10-11-12-19-25-41-27-35(47)45(33-22-17-14-18-23-33)31-36(48)42(2)29-37(49)43(26-24-39)30-38(50)44(28-34(40)46)32-20-15-13-16-21-32/h32-33,41H,3-31,39H2,1-2H3,(H2,40,46). The fourth-order valence-corrected chi connectivity index (χ4v) is 7.37. The smallest absolute Gasteiger partial charge is 0.242 e. The van der Waals surface area contributed by atoms with E-state index in [1.807, 2.05) is 0 Å². The van der Waals surface area contributed by atoms with Crippen molar-refractivity contribution >= 4 is 29.5 Å². The van der Waals surface area contributed by atoms with Crippen molar-refractivity contribution in [3.63, 3.8) is 0 Å². The summed E-state index contributed by atoms with van der Waals surface area (Å²) in [6.45, 7) is 2.75. The van der Waals surface area contributed by atoms with Crippen LogP contribution in [0, 0.1) is 0 Å². The molecule has 0 bridgehead atoms. The molecule has 12 heteroatoms. The van der Waals surface area contributed by atoms with E-state index in [0.717, 1.165) is 83.6 Å². The molecule has 2 rings (SSSR count). The molecule has 0 aromatic heterocycles. The number of primary amides is 1. The molecule has 2 fully saturated rings. The molecule has 2 aliphatic carbocycles. The lowest BCUT2D eigenvalue weighted by Gasteiger charge is -2.36. The molecular weight excluding hydrogens is 634 g/mol. The van der Waals surface area contributed by atoms with Gasteiger partial charge in [0.2, 0.25) is 29.5 Å². The number of nitrogens with two attached hydrogens (primary N) is 2. The second kappa shape index (κ2) is 26.1. The minimum absolute atomic E-state index is 0.00969. The van der Waals surface area contributed by atoms with Gasteiger partial charge in [0.25, 0.3) is 0 Å². The number of hydrogen-bond donors (Lipinski definition) is 3. The summed E-state index contributed by atoms with van der Waals surface area (Å²) < 4.78 is 0. The quantitative estimate of drug-likeness (QED) is 0.115. The van der Waals surface area contributed by atoms with E-state index in [2.05, 4.69) is 12.2 Å². The van der Waals surface area contributed by atoms with E-state index in [1.54, 1.807) is 11.9 Å². The molecule has 12 nitrogen and oxygen atoms in total. The van der Waals surface area contributed by atoms with Crippen LogP contribution >= 0.6 is 0 Å². The molecule has 0 aliphatic heterocycles. The van der Waals surface area contributed by atoms with Gasteiger partial charge in [-0.05, 0) is 38.6 Å². The third-order valence-corrected chi connectivity index (χ3v) is 10.4. The lowest BCUT2D eigenvalue weighted by atomic mass is 9.94. The van der Waals surface area contributed by atoms with Crippen molar-refractivity contribution in [3.05, 3.63) is 0 Å². The van der Waals surface area contributed by atoms with E-state index in [1.165, 1.54) is 72.5 Å². The van der Waals surface area contributed by atoms with Crippen LogP contribution in [0.4, 0.5) is 0 Å². The summed E-state index contributed by atoms with van der Waals surface area (Å²) in [4.78, 5) is 71.4. The highest BCUT2D eigenvalue weighted by atomic mass is 16.2. The summed E-state index contributed by atoms with van der Waals surface area (Å²) in [5.41, 5.74) is 11.3. The minimum Gasteiger partial charge on any atom is -0.368 e. The maximum atomic E-state index is 13.5. The Morgan fingerprint density at radius 3 is 1.60 bits per heavy atom. The summed E-state index contributed by atoms with van der Waals surface area (Å²) in [6, 6.07) is -0.0733. The van der Waals surface area contributed by atoms with Crippen molar-refractivity contribution < 1.29 is 24.0 Å². The van der Waals surface area contributed by atoms with Gasteiger partial charge in [-0.25, -0.2) is 0 Å². The molecule has 0 aromatic carbocycles. The number of hydrogen-bond acceptors (Lipinski definition) is 7. The number of nitrogens with zero attached hydrogens (tertiary/aromatic N) is 4. The van der Waals surface area contributed by atoms with Gasteiger partial charge < -0.3 is 36.4 Å². The van der Waals surface area contributed by atoms with E-state index in [9.17, 15) is 24.0 Å². The van der Waals surface area contributed by atoms with E-state index >= 15 is 0 Å². The molecule has 5 N–H and O–H groups in total. The fraction of sp³-hybridized carbons (Fsp3) is 0.868. The summed E-state index contributed by atoms with van der Waals surface area (Å²) in [6.07, 6.45) is 23.6. The number of amides is 5. The van der Waals surface area contributed by atoms with Crippen LogP contribution in [-0.4, -0.2) is 121 Å². The SMILES string of the molecule is CCCCCCCCCCCCCNCC(=O)N(CC(=O)N(C)CC(=O)N(CCN)CC(=O)N(CC(N)=O)C1CCCCC1)C1CCCCC1. The summed E-state index contributed by atoms with van der Waals surface area (Å²) >= 11 is 0. The highest BCUT2D eigenvalue weighted by molar-refractivity contribution is 5.91. The van der Waals surface area contributed by atoms with E-state index in [-0.39, 0.29) is 75.6 Å². The zero-order valence-corrected chi connectivity index (χ0v) is 31.6. The highest BCUT2D eigenvalue weighted by Crippen LogP contribution is 2.24. The molecule has 288 valence electrons. The van der Waals surface area contributed by atoms with Gasteiger partial charge in [0, 0.05) is 32.2 Å². The predicted molar refractivity (Wildman–Crippen MR) is 199 cm³/mol. The van der Waals surface area contributed by atoms with Gasteiger partial charge in [0.1, 0.15) is 6.54 Å². The maximum Gasteiger partial charge on any atom is 0.242 e. The molecule has 2 saturated carbocycles. The van der Waals surface area contributed by atoms with Crippen LogP contribution in [-0.2, 0) is 24.0 Å². The highest BCUT2D eigenvalue weighted by Gasteiger charge is 2.31. The van der Waals surface area contributed by atoms with Gasteiger partial charge in [-0.3, -0.25) is 24.0 Å². The normalized spacial score (nSPS) is 15.4. The minimum atomic E-state index is -0.590. The molecule has 5 amide bonds. The number of carbonyl (C=O) groups excluding carboxylic acids is 5. The summed E-state index contributed by atoms with van der Waals surface area (Å²) in [5, 5.41) is 3.31. The first-order valence-electron chi connectivity index (χ1n) is 20.0. The number of unbranched alkanes of at least 4 members (excludes halogenated alkanes) is 10. The van der Waals surface area contributed by atoms with E-state index < -0.39 is 11.8 Å². The van der Waals surface area contributed by atoms with Gasteiger partial charge in [-0.2, -0.15) is 0 Å². The number of rotatable bonds is 26. The maximum absolute atomic E-state index is 13.5. The van der Waals surface area contributed by atoms with Gasteiger partial charge in [-0.15, -0.1) is 0 Å². The van der Waals surface area contributed by atoms with Gasteiger partial charge in [0.05, 0.1) is 26.2 Å². The Morgan fingerprint density at radius 1 is 0.600 bits per heavy atom. The van der Waals surface area contributed by atoms with Crippen LogP contribution < -0.4 is 16.8 Å². The average molecular weight is 706 g/mol. The molecule has 0 spiro atoms. The molecule has 0 heterocycles. The number of likely N-dealkylation sites (N-methyl/N-ethyl adjacent to an activating group) is 1.